The quantitative estimate of drug-likeness (QED) is 0.0619. The van der Waals surface area contributed by atoms with Gasteiger partial charge in [-0.3, -0.25) is 10.1 Å². The predicted molar refractivity (Wildman–Crippen MR) is 186 cm³/mol. The zero-order valence-corrected chi connectivity index (χ0v) is 27.8. The summed E-state index contributed by atoms with van der Waals surface area (Å²) in [6, 6.07) is 36.9. The van der Waals surface area contributed by atoms with Crippen LogP contribution in [0.15, 0.2) is 146 Å². The summed E-state index contributed by atoms with van der Waals surface area (Å²) in [6.07, 6.45) is -7.78. The first-order chi connectivity index (χ1) is 25.8. The molecular weight excluding hydrogens is 686 g/mol. The summed E-state index contributed by atoms with van der Waals surface area (Å²) in [5.74, 6) is -3.26. The van der Waals surface area contributed by atoms with Gasteiger partial charge >= 0.3 is 23.9 Å². The number of carbonyl (C=O) groups excluding carboxylic acids is 4. The standard InChI is InChI=1S/C40H31NO12/c42-36(26-13-5-1-6-14-26)48-25-32-33(51-37(43)27-15-7-2-8-16-27)34(52-38(44)28-17-9-3-10-18-28)35(53-39(45)29-19-11-4-12-20-29)40(50-32)49-31-23-21-30(22-24-31)41(46)47/h1-24,32-35,40H,25H2/t32-,33+,34+,35-,40-/m1/s1. The normalized spacial score (nSPS) is 19.2. The molecule has 5 atom stereocenters. The number of hydrogen-bond donors (Lipinski definition) is 0. The Kier molecular flexibility index (Phi) is 11.5. The fraction of sp³-hybridized carbons (Fsp3) is 0.150. The van der Waals surface area contributed by atoms with E-state index in [9.17, 15) is 29.3 Å². The van der Waals surface area contributed by atoms with Gasteiger partial charge in [0.1, 0.15) is 18.5 Å². The van der Waals surface area contributed by atoms with Crippen LogP contribution in [0.2, 0.25) is 0 Å². The molecular formula is C40H31NO12. The van der Waals surface area contributed by atoms with E-state index >= 15 is 0 Å². The molecule has 1 fully saturated rings. The van der Waals surface area contributed by atoms with Gasteiger partial charge in [-0.05, 0) is 60.7 Å². The van der Waals surface area contributed by atoms with Crippen LogP contribution in [0, 0.1) is 10.1 Å². The summed E-state index contributed by atoms with van der Waals surface area (Å²) >= 11 is 0. The van der Waals surface area contributed by atoms with Crippen molar-refractivity contribution in [3.8, 4) is 5.75 Å². The summed E-state index contributed by atoms with van der Waals surface area (Å²) in [7, 11) is 0. The third-order valence-corrected chi connectivity index (χ3v) is 8.04. The maximum atomic E-state index is 13.7. The first kappa shape index (κ1) is 35.9. The average molecular weight is 718 g/mol. The molecule has 268 valence electrons. The minimum atomic E-state index is -1.62. The number of nitro groups is 1. The van der Waals surface area contributed by atoms with E-state index in [1.807, 2.05) is 0 Å². The third-order valence-electron chi connectivity index (χ3n) is 8.04. The Morgan fingerprint density at radius 2 is 0.925 bits per heavy atom. The second kappa shape index (κ2) is 16.9. The van der Waals surface area contributed by atoms with Gasteiger partial charge in [-0.1, -0.05) is 72.8 Å². The van der Waals surface area contributed by atoms with Crippen molar-refractivity contribution in [3.05, 3.63) is 178 Å². The molecule has 0 amide bonds. The number of nitro benzene ring substituents is 1. The first-order valence-electron chi connectivity index (χ1n) is 16.3. The fourth-order valence-electron chi connectivity index (χ4n) is 5.40. The van der Waals surface area contributed by atoms with Crippen molar-refractivity contribution >= 4 is 29.6 Å². The van der Waals surface area contributed by atoms with Gasteiger partial charge in [0.2, 0.25) is 12.4 Å². The van der Waals surface area contributed by atoms with Crippen LogP contribution in [0.4, 0.5) is 5.69 Å². The molecule has 13 heteroatoms. The van der Waals surface area contributed by atoms with Gasteiger partial charge < -0.3 is 28.4 Å². The number of esters is 4. The van der Waals surface area contributed by atoms with Crippen LogP contribution in [0.5, 0.6) is 5.75 Å². The average Bonchev–Trinajstić information content (AvgIpc) is 3.20. The first-order valence-corrected chi connectivity index (χ1v) is 16.3. The van der Waals surface area contributed by atoms with Gasteiger partial charge in [-0.15, -0.1) is 0 Å². The zero-order valence-electron chi connectivity index (χ0n) is 27.8. The molecule has 1 heterocycles. The highest BCUT2D eigenvalue weighted by atomic mass is 16.7. The van der Waals surface area contributed by atoms with Crippen LogP contribution in [0.3, 0.4) is 0 Å². The van der Waals surface area contributed by atoms with Crippen LogP contribution in [0.1, 0.15) is 41.4 Å². The summed E-state index contributed by atoms with van der Waals surface area (Å²) in [4.78, 5) is 64.7. The Balaban J connectivity index is 1.42. The van der Waals surface area contributed by atoms with Crippen molar-refractivity contribution in [2.45, 2.75) is 30.7 Å². The number of ether oxygens (including phenoxy) is 6. The highest BCUT2D eigenvalue weighted by molar-refractivity contribution is 5.91. The SMILES string of the molecule is O=C(OC[C@H]1O[C@@H](Oc2ccc([N+](=O)[O-])cc2)[C@H](OC(=O)c2ccccc2)[C@@H](OC(=O)c2ccccc2)[C@H]1OC(=O)c1ccccc1)c1ccccc1. The molecule has 5 aromatic rings. The highest BCUT2D eigenvalue weighted by Gasteiger charge is 2.54. The van der Waals surface area contributed by atoms with E-state index in [0.29, 0.717) is 0 Å². The fourth-order valence-corrected chi connectivity index (χ4v) is 5.40. The molecule has 1 aliphatic heterocycles. The minimum absolute atomic E-state index is 0.0502. The van der Waals surface area contributed by atoms with Crippen molar-refractivity contribution in [3.63, 3.8) is 0 Å². The van der Waals surface area contributed by atoms with E-state index in [0.717, 1.165) is 0 Å². The summed E-state index contributed by atoms with van der Waals surface area (Å²) in [6.45, 7) is -0.542. The second-order valence-corrected chi connectivity index (χ2v) is 11.6. The summed E-state index contributed by atoms with van der Waals surface area (Å²) in [5.41, 5.74) is 0.401. The van der Waals surface area contributed by atoms with Gasteiger partial charge in [0.15, 0.2) is 12.2 Å². The lowest BCUT2D eigenvalue weighted by Gasteiger charge is -2.44. The second-order valence-electron chi connectivity index (χ2n) is 11.6. The van der Waals surface area contributed by atoms with Crippen molar-refractivity contribution in [1.29, 1.82) is 0 Å². The van der Waals surface area contributed by atoms with Gasteiger partial charge in [0, 0.05) is 12.1 Å². The maximum absolute atomic E-state index is 13.7. The molecule has 6 rings (SSSR count). The highest BCUT2D eigenvalue weighted by Crippen LogP contribution is 2.33. The van der Waals surface area contributed by atoms with Crippen molar-refractivity contribution < 1.29 is 52.5 Å². The number of rotatable bonds is 12. The molecule has 1 aliphatic rings. The molecule has 0 spiro atoms. The van der Waals surface area contributed by atoms with E-state index in [1.165, 1.54) is 60.7 Å². The molecule has 13 nitrogen and oxygen atoms in total. The monoisotopic (exact) mass is 717 g/mol. The molecule has 5 aromatic carbocycles. The lowest BCUT2D eigenvalue weighted by atomic mass is 9.97. The van der Waals surface area contributed by atoms with E-state index in [2.05, 4.69) is 0 Å². The Hall–Kier alpha value is -6.86. The van der Waals surface area contributed by atoms with Crippen LogP contribution >= 0.6 is 0 Å². The smallest absolute Gasteiger partial charge is 0.338 e. The lowest BCUT2D eigenvalue weighted by molar-refractivity contribution is -0.384. The predicted octanol–water partition coefficient (Wildman–Crippen LogP) is 6.23. The molecule has 0 aliphatic carbocycles. The van der Waals surface area contributed by atoms with Crippen molar-refractivity contribution in [2.24, 2.45) is 0 Å². The number of benzene rings is 5. The van der Waals surface area contributed by atoms with E-state index < -0.39 is 66.1 Å². The Labute approximate surface area is 302 Å². The largest absolute Gasteiger partial charge is 0.461 e. The maximum Gasteiger partial charge on any atom is 0.338 e. The molecule has 0 N–H and O–H groups in total. The topological polar surface area (TPSA) is 167 Å². The van der Waals surface area contributed by atoms with Crippen molar-refractivity contribution in [2.75, 3.05) is 6.61 Å². The van der Waals surface area contributed by atoms with Gasteiger partial charge in [-0.2, -0.15) is 0 Å². The molecule has 0 unspecified atom stereocenters. The lowest BCUT2D eigenvalue weighted by Crippen LogP contribution is -2.63. The molecule has 0 saturated carbocycles. The zero-order chi connectivity index (χ0) is 37.2. The van der Waals surface area contributed by atoms with Crippen molar-refractivity contribution in [1.82, 2.24) is 0 Å². The van der Waals surface area contributed by atoms with E-state index in [4.69, 9.17) is 28.4 Å². The Morgan fingerprint density at radius 3 is 1.36 bits per heavy atom. The Morgan fingerprint density at radius 1 is 0.528 bits per heavy atom. The van der Waals surface area contributed by atoms with Crippen LogP contribution in [-0.4, -0.2) is 66.1 Å². The molecule has 0 bridgehead atoms. The number of carbonyl (C=O) groups is 4. The van der Waals surface area contributed by atoms with Crippen LogP contribution < -0.4 is 4.74 Å². The molecule has 0 aromatic heterocycles. The van der Waals surface area contributed by atoms with E-state index in [-0.39, 0.29) is 33.7 Å². The Bertz CT molecular complexity index is 2030. The number of non-ortho nitro benzene ring substituents is 1. The molecule has 53 heavy (non-hydrogen) atoms. The van der Waals surface area contributed by atoms with Crippen LogP contribution in [0.25, 0.3) is 0 Å². The van der Waals surface area contributed by atoms with Gasteiger partial charge in [0.25, 0.3) is 5.69 Å². The van der Waals surface area contributed by atoms with Crippen LogP contribution in [-0.2, 0) is 23.7 Å². The third kappa shape index (κ3) is 9.09. The summed E-state index contributed by atoms with van der Waals surface area (Å²) < 4.78 is 36.0. The van der Waals surface area contributed by atoms with Gasteiger partial charge in [-0.25, -0.2) is 19.2 Å². The molecule has 0 radical (unpaired) electrons. The van der Waals surface area contributed by atoms with Gasteiger partial charge in [0.05, 0.1) is 27.2 Å². The molecule has 1 saturated heterocycles. The number of nitrogens with zero attached hydrogens (tertiary/aromatic N) is 1. The van der Waals surface area contributed by atoms with E-state index in [1.54, 1.807) is 84.9 Å². The summed E-state index contributed by atoms with van der Waals surface area (Å²) in [5, 5.41) is 11.3. The number of hydrogen-bond acceptors (Lipinski definition) is 12. The minimum Gasteiger partial charge on any atom is -0.461 e.